The zero-order chi connectivity index (χ0) is 25.5. The summed E-state index contributed by atoms with van der Waals surface area (Å²) in [6.45, 7) is 5.82. The number of ether oxygens (including phenoxy) is 1. The molecule has 0 bridgehead atoms. The molecule has 2 aromatic heterocycles. The van der Waals surface area contributed by atoms with Crippen molar-refractivity contribution in [1.82, 2.24) is 4.98 Å². The molecule has 1 aliphatic carbocycles. The predicted octanol–water partition coefficient (Wildman–Crippen LogP) is 5.16. The summed E-state index contributed by atoms with van der Waals surface area (Å²) in [5.74, 6) is -0.266. The largest absolute Gasteiger partial charge is 0.462 e. The average Bonchev–Trinajstić information content (AvgIpc) is 2.98. The maximum absolute atomic E-state index is 12.8. The van der Waals surface area contributed by atoms with Crippen molar-refractivity contribution in [3.05, 3.63) is 32.7 Å². The molecule has 3 N–H and O–H groups in total. The van der Waals surface area contributed by atoms with E-state index in [1.54, 1.807) is 6.92 Å². The third-order valence-corrected chi connectivity index (χ3v) is 7.94. The number of nitrogens with two attached hydrogens (primary N) is 1. The molecule has 8 nitrogen and oxygen atoms in total. The van der Waals surface area contributed by atoms with Crippen LogP contribution in [0.1, 0.15) is 89.9 Å². The molecule has 2 heterocycles. The lowest BCUT2D eigenvalue weighted by atomic mass is 9.94. The van der Waals surface area contributed by atoms with Gasteiger partial charge in [-0.15, -0.1) is 23.1 Å². The van der Waals surface area contributed by atoms with Crippen LogP contribution in [0.4, 0.5) is 10.8 Å². The molecule has 0 atom stereocenters. The topological polar surface area (TPSA) is 142 Å². The lowest BCUT2D eigenvalue weighted by molar-refractivity contribution is -0.115. The number of fused-ring (bicyclic) bond motifs is 1. The molecule has 2 aromatic rings. The Morgan fingerprint density at radius 3 is 2.57 bits per heavy atom. The Kier molecular flexibility index (Phi) is 9.13. The molecule has 0 aliphatic heterocycles. The summed E-state index contributed by atoms with van der Waals surface area (Å²) in [5.41, 5.74) is 8.60. The number of anilines is 2. The quantitative estimate of drug-likeness (QED) is 0.281. The fourth-order valence-electron chi connectivity index (χ4n) is 4.19. The average molecular weight is 512 g/mol. The van der Waals surface area contributed by atoms with Crippen LogP contribution >= 0.6 is 23.1 Å². The van der Waals surface area contributed by atoms with Crippen molar-refractivity contribution >= 4 is 45.8 Å². The Bertz CT molecular complexity index is 1210. The zero-order valence-electron chi connectivity index (χ0n) is 20.2. The van der Waals surface area contributed by atoms with E-state index in [-0.39, 0.29) is 36.2 Å². The number of amides is 1. The summed E-state index contributed by atoms with van der Waals surface area (Å²) in [7, 11) is 0. The van der Waals surface area contributed by atoms with Gasteiger partial charge in [0.15, 0.2) is 0 Å². The molecule has 0 aromatic carbocycles. The monoisotopic (exact) mass is 511 g/mol. The highest BCUT2D eigenvalue weighted by molar-refractivity contribution is 7.99. The van der Waals surface area contributed by atoms with Gasteiger partial charge in [-0.05, 0) is 49.7 Å². The SMILES string of the molecule is CCOC(=O)c1c(NC(=O)CCSc2nc(N)c(C#N)c(C(C)C)c2C#N)sc2c1CCCCC2. The van der Waals surface area contributed by atoms with Crippen LogP contribution in [0.2, 0.25) is 0 Å². The number of pyridine rings is 1. The maximum atomic E-state index is 12.8. The number of rotatable bonds is 8. The van der Waals surface area contributed by atoms with Crippen LogP contribution in [0.15, 0.2) is 5.03 Å². The highest BCUT2D eigenvalue weighted by Crippen LogP contribution is 2.38. The van der Waals surface area contributed by atoms with E-state index in [1.165, 1.54) is 23.1 Å². The van der Waals surface area contributed by atoms with Crippen molar-refractivity contribution in [2.24, 2.45) is 0 Å². The third kappa shape index (κ3) is 5.95. The van der Waals surface area contributed by atoms with Gasteiger partial charge >= 0.3 is 5.97 Å². The number of nitrogens with zero attached hydrogens (tertiary/aromatic N) is 3. The molecular formula is C25H29N5O3S2. The maximum Gasteiger partial charge on any atom is 0.341 e. The standard InChI is InChI=1S/C25H29N5O3S2/c1-4-33-25(32)21-15-8-6-5-7-9-18(15)35-24(21)29-19(31)10-11-34-23-17(13-27)20(14(2)3)16(12-26)22(28)30-23/h14H,4-11H2,1-3H3,(H2,28,30)(H,29,31). The zero-order valence-corrected chi connectivity index (χ0v) is 21.8. The number of nitriles is 2. The van der Waals surface area contributed by atoms with Gasteiger partial charge in [0.25, 0.3) is 0 Å². The first-order chi connectivity index (χ1) is 16.8. The van der Waals surface area contributed by atoms with Gasteiger partial charge in [-0.3, -0.25) is 4.79 Å². The minimum Gasteiger partial charge on any atom is -0.462 e. The molecule has 0 unspecified atom stereocenters. The number of carbonyl (C=O) groups is 2. The number of aromatic nitrogens is 1. The number of hydrogen-bond donors (Lipinski definition) is 2. The first-order valence-electron chi connectivity index (χ1n) is 11.7. The molecule has 3 rings (SSSR count). The van der Waals surface area contributed by atoms with E-state index in [2.05, 4.69) is 16.4 Å². The van der Waals surface area contributed by atoms with E-state index in [9.17, 15) is 20.1 Å². The van der Waals surface area contributed by atoms with E-state index >= 15 is 0 Å². The lowest BCUT2D eigenvalue weighted by Crippen LogP contribution is -2.15. The molecule has 1 amide bonds. The third-order valence-electron chi connectivity index (χ3n) is 5.75. The summed E-state index contributed by atoms with van der Waals surface area (Å²) in [4.78, 5) is 30.9. The summed E-state index contributed by atoms with van der Waals surface area (Å²) >= 11 is 2.71. The second-order valence-corrected chi connectivity index (χ2v) is 10.7. The lowest BCUT2D eigenvalue weighted by Gasteiger charge is -2.15. The van der Waals surface area contributed by atoms with Crippen LogP contribution < -0.4 is 11.1 Å². The number of carbonyl (C=O) groups excluding carboxylic acids is 2. The Labute approximate surface area is 213 Å². The Balaban J connectivity index is 1.75. The van der Waals surface area contributed by atoms with Crippen molar-refractivity contribution in [2.75, 3.05) is 23.4 Å². The fourth-order valence-corrected chi connectivity index (χ4v) is 6.42. The van der Waals surface area contributed by atoms with Crippen molar-refractivity contribution in [3.8, 4) is 12.1 Å². The summed E-state index contributed by atoms with van der Waals surface area (Å²) < 4.78 is 5.28. The molecule has 10 heteroatoms. The number of thiophene rings is 1. The number of thioether (sulfide) groups is 1. The van der Waals surface area contributed by atoms with E-state index in [1.807, 2.05) is 19.9 Å². The van der Waals surface area contributed by atoms with Gasteiger partial charge in [0.05, 0.1) is 23.3 Å². The molecule has 0 spiro atoms. The van der Waals surface area contributed by atoms with E-state index in [0.717, 1.165) is 42.5 Å². The Hall–Kier alpha value is -3.08. The number of nitrogen functional groups attached to an aromatic ring is 1. The molecule has 0 fully saturated rings. The van der Waals surface area contributed by atoms with E-state index < -0.39 is 5.97 Å². The van der Waals surface area contributed by atoms with Gasteiger partial charge < -0.3 is 15.8 Å². The molecule has 184 valence electrons. The van der Waals surface area contributed by atoms with Gasteiger partial charge in [-0.1, -0.05) is 20.3 Å². The second-order valence-electron chi connectivity index (χ2n) is 8.48. The van der Waals surface area contributed by atoms with Crippen LogP contribution in [0.5, 0.6) is 0 Å². The number of nitrogens with one attached hydrogen (secondary N) is 1. The summed E-state index contributed by atoms with van der Waals surface area (Å²) in [6.07, 6.45) is 5.07. The number of esters is 1. The molecule has 1 aliphatic rings. The normalized spacial score (nSPS) is 12.9. The minimum atomic E-state index is -0.395. The summed E-state index contributed by atoms with van der Waals surface area (Å²) in [6, 6.07) is 4.20. The van der Waals surface area contributed by atoms with Crippen LogP contribution in [0.3, 0.4) is 0 Å². The van der Waals surface area contributed by atoms with Gasteiger partial charge in [-0.25, -0.2) is 9.78 Å². The molecule has 35 heavy (non-hydrogen) atoms. The predicted molar refractivity (Wildman–Crippen MR) is 138 cm³/mol. The van der Waals surface area contributed by atoms with Crippen LogP contribution in [0, 0.1) is 22.7 Å². The highest BCUT2D eigenvalue weighted by atomic mass is 32.2. The van der Waals surface area contributed by atoms with E-state index in [4.69, 9.17) is 10.5 Å². The Morgan fingerprint density at radius 1 is 1.20 bits per heavy atom. The van der Waals surface area contributed by atoms with Gasteiger partial charge in [-0.2, -0.15) is 10.5 Å². The highest BCUT2D eigenvalue weighted by Gasteiger charge is 2.27. The van der Waals surface area contributed by atoms with E-state index in [0.29, 0.717) is 32.5 Å². The molecule has 0 saturated heterocycles. The fraction of sp³-hybridized carbons (Fsp3) is 0.480. The van der Waals surface area contributed by atoms with Crippen LogP contribution in [0.25, 0.3) is 0 Å². The van der Waals surface area contributed by atoms with Crippen LogP contribution in [-0.2, 0) is 22.4 Å². The van der Waals surface area contributed by atoms with Crippen molar-refractivity contribution in [1.29, 1.82) is 10.5 Å². The minimum absolute atomic E-state index is 0.0809. The first kappa shape index (κ1) is 26.5. The number of aryl methyl sites for hydroxylation is 1. The number of hydrogen-bond acceptors (Lipinski definition) is 9. The van der Waals surface area contributed by atoms with Crippen molar-refractivity contribution in [3.63, 3.8) is 0 Å². The second kappa shape index (κ2) is 12.1. The van der Waals surface area contributed by atoms with Gasteiger partial charge in [0.1, 0.15) is 28.0 Å². The molecule has 0 radical (unpaired) electrons. The van der Waals surface area contributed by atoms with Crippen molar-refractivity contribution in [2.45, 2.75) is 70.2 Å². The van der Waals surface area contributed by atoms with Crippen LogP contribution in [-0.4, -0.2) is 29.2 Å². The molecule has 0 saturated carbocycles. The van der Waals surface area contributed by atoms with Gasteiger partial charge in [0.2, 0.25) is 5.91 Å². The summed E-state index contributed by atoms with van der Waals surface area (Å²) in [5, 5.41) is 23.0. The first-order valence-corrected chi connectivity index (χ1v) is 13.5. The van der Waals surface area contributed by atoms with Crippen molar-refractivity contribution < 1.29 is 14.3 Å². The van der Waals surface area contributed by atoms with Gasteiger partial charge in [0, 0.05) is 17.1 Å². The smallest absolute Gasteiger partial charge is 0.341 e. The Morgan fingerprint density at radius 2 is 1.91 bits per heavy atom. The molecular weight excluding hydrogens is 482 g/mol.